The Balaban J connectivity index is 1.57. The van der Waals surface area contributed by atoms with Crippen LogP contribution in [0, 0.1) is 4.91 Å². The molecule has 1 unspecified atom stereocenters. The first-order valence-electron chi connectivity index (χ1n) is 8.92. The first-order chi connectivity index (χ1) is 12.8. The van der Waals surface area contributed by atoms with Crippen molar-refractivity contribution in [2.24, 2.45) is 5.18 Å². The SMILES string of the molecule is CC(C)(C)c1nnc(C2CCC(NS(=O)c3ccc(Cl)c(N=O)c3)CC2)o1. The van der Waals surface area contributed by atoms with Gasteiger partial charge in [0.15, 0.2) is 0 Å². The molecule has 0 bridgehead atoms. The van der Waals surface area contributed by atoms with E-state index >= 15 is 0 Å². The van der Waals surface area contributed by atoms with E-state index in [1.165, 1.54) is 12.1 Å². The Morgan fingerprint density at radius 3 is 2.52 bits per heavy atom. The number of benzene rings is 1. The van der Waals surface area contributed by atoms with E-state index in [1.807, 2.05) is 20.8 Å². The molecule has 0 aliphatic heterocycles. The second kappa shape index (κ2) is 8.16. The fraction of sp³-hybridized carbons (Fsp3) is 0.556. The molecule has 1 aliphatic rings. The maximum atomic E-state index is 12.5. The van der Waals surface area contributed by atoms with Crippen LogP contribution in [0.15, 0.2) is 32.7 Å². The Morgan fingerprint density at radius 2 is 1.93 bits per heavy atom. The molecule has 0 saturated heterocycles. The van der Waals surface area contributed by atoms with Gasteiger partial charge in [-0.25, -0.2) is 8.93 Å². The molecule has 2 aromatic rings. The van der Waals surface area contributed by atoms with Crippen LogP contribution in [0.25, 0.3) is 0 Å². The number of halogens is 1. The molecule has 1 aromatic carbocycles. The van der Waals surface area contributed by atoms with Crippen molar-refractivity contribution in [2.75, 3.05) is 0 Å². The van der Waals surface area contributed by atoms with Crippen LogP contribution in [0.2, 0.25) is 5.02 Å². The van der Waals surface area contributed by atoms with Crippen molar-refractivity contribution in [2.45, 2.75) is 68.7 Å². The summed E-state index contributed by atoms with van der Waals surface area (Å²) in [5.74, 6) is 1.58. The lowest BCUT2D eigenvalue weighted by Gasteiger charge is -2.27. The molecular weight excluding hydrogens is 388 g/mol. The Hall–Kier alpha value is -1.64. The molecule has 27 heavy (non-hydrogen) atoms. The van der Waals surface area contributed by atoms with Crippen molar-refractivity contribution in [3.63, 3.8) is 0 Å². The first kappa shape index (κ1) is 20.1. The van der Waals surface area contributed by atoms with E-state index in [-0.39, 0.29) is 28.1 Å². The van der Waals surface area contributed by atoms with E-state index in [1.54, 1.807) is 6.07 Å². The van der Waals surface area contributed by atoms with Gasteiger partial charge in [0, 0.05) is 17.4 Å². The molecule has 146 valence electrons. The molecule has 1 fully saturated rings. The molecule has 1 aromatic heterocycles. The predicted molar refractivity (Wildman–Crippen MR) is 104 cm³/mol. The van der Waals surface area contributed by atoms with E-state index < -0.39 is 11.0 Å². The van der Waals surface area contributed by atoms with Crippen LogP contribution in [-0.2, 0) is 16.4 Å². The maximum Gasteiger partial charge on any atom is 0.221 e. The number of hydrogen-bond donors (Lipinski definition) is 1. The zero-order chi connectivity index (χ0) is 19.6. The van der Waals surface area contributed by atoms with E-state index in [0.717, 1.165) is 25.7 Å². The first-order valence-corrected chi connectivity index (χ1v) is 10.5. The Bertz CT molecular complexity index is 841. The van der Waals surface area contributed by atoms with Gasteiger partial charge in [0.05, 0.1) is 9.92 Å². The lowest BCUT2D eigenvalue weighted by atomic mass is 9.86. The lowest BCUT2D eigenvalue weighted by molar-refractivity contribution is 0.305. The van der Waals surface area contributed by atoms with Crippen LogP contribution < -0.4 is 4.72 Å². The molecular formula is C18H23ClN4O3S. The number of hydrogen-bond acceptors (Lipinski definition) is 6. The average molecular weight is 411 g/mol. The molecule has 0 amide bonds. The molecule has 1 N–H and O–H groups in total. The monoisotopic (exact) mass is 410 g/mol. The third-order valence-electron chi connectivity index (χ3n) is 4.66. The Labute approximate surface area is 165 Å². The molecule has 7 nitrogen and oxygen atoms in total. The molecule has 1 saturated carbocycles. The summed E-state index contributed by atoms with van der Waals surface area (Å²) in [7, 11) is -1.42. The molecule has 1 aliphatic carbocycles. The minimum atomic E-state index is -1.42. The molecule has 0 radical (unpaired) electrons. The second-order valence-electron chi connectivity index (χ2n) is 7.84. The van der Waals surface area contributed by atoms with Gasteiger partial charge in [-0.05, 0) is 49.1 Å². The summed E-state index contributed by atoms with van der Waals surface area (Å²) in [4.78, 5) is 11.2. The van der Waals surface area contributed by atoms with Crippen molar-refractivity contribution in [1.29, 1.82) is 0 Å². The smallest absolute Gasteiger partial charge is 0.221 e. The minimum absolute atomic E-state index is 0.0964. The summed E-state index contributed by atoms with van der Waals surface area (Å²) in [6.45, 7) is 6.13. The van der Waals surface area contributed by atoms with Gasteiger partial charge in [-0.3, -0.25) is 0 Å². The standard InChI is InChI=1S/C18H23ClN4O3S/c1-18(2,3)17-21-20-16(26-17)11-4-6-12(7-5-11)23-27(25)13-8-9-14(19)15(10-13)22-24/h8-12,23H,4-7H2,1-3H3. The number of nitrogens with zero attached hydrogens (tertiary/aromatic N) is 3. The van der Waals surface area contributed by atoms with Crippen molar-refractivity contribution in [3.05, 3.63) is 39.9 Å². The highest BCUT2D eigenvalue weighted by Gasteiger charge is 2.29. The Kier molecular flexibility index (Phi) is 6.08. The topological polar surface area (TPSA) is 97.5 Å². The average Bonchev–Trinajstić information content (AvgIpc) is 3.13. The van der Waals surface area contributed by atoms with Gasteiger partial charge in [0.25, 0.3) is 0 Å². The van der Waals surface area contributed by atoms with Gasteiger partial charge in [-0.1, -0.05) is 32.4 Å². The third kappa shape index (κ3) is 4.80. The summed E-state index contributed by atoms with van der Waals surface area (Å²) in [5.41, 5.74) is -0.0617. The van der Waals surface area contributed by atoms with Crippen molar-refractivity contribution < 1.29 is 8.63 Å². The summed E-state index contributed by atoms with van der Waals surface area (Å²) in [6.07, 6.45) is 3.50. The summed E-state index contributed by atoms with van der Waals surface area (Å²) in [5, 5.41) is 11.5. The van der Waals surface area contributed by atoms with Crippen LogP contribution in [0.5, 0.6) is 0 Å². The second-order valence-corrected chi connectivity index (χ2v) is 9.49. The number of rotatable bonds is 5. The molecule has 1 atom stereocenters. The number of nitroso groups, excluding NO2 is 1. The van der Waals surface area contributed by atoms with Crippen LogP contribution in [0.3, 0.4) is 0 Å². The van der Waals surface area contributed by atoms with Crippen molar-refractivity contribution in [1.82, 2.24) is 14.9 Å². The zero-order valence-corrected chi connectivity index (χ0v) is 17.1. The van der Waals surface area contributed by atoms with Gasteiger partial charge >= 0.3 is 0 Å². The quantitative estimate of drug-likeness (QED) is 0.716. The van der Waals surface area contributed by atoms with Crippen LogP contribution in [-0.4, -0.2) is 20.4 Å². The van der Waals surface area contributed by atoms with Crippen LogP contribution in [0.4, 0.5) is 5.69 Å². The van der Waals surface area contributed by atoms with Crippen molar-refractivity contribution >= 4 is 28.3 Å². The summed E-state index contributed by atoms with van der Waals surface area (Å²) < 4.78 is 21.5. The molecule has 1 heterocycles. The molecule has 3 rings (SSSR count). The third-order valence-corrected chi connectivity index (χ3v) is 6.21. The maximum absolute atomic E-state index is 12.5. The fourth-order valence-corrected chi connectivity index (χ4v) is 4.29. The lowest BCUT2D eigenvalue weighted by Crippen LogP contribution is -2.34. The largest absolute Gasteiger partial charge is 0.424 e. The van der Waals surface area contributed by atoms with E-state index in [4.69, 9.17) is 16.0 Å². The highest BCUT2D eigenvalue weighted by molar-refractivity contribution is 7.83. The molecule has 0 spiro atoms. The molecule has 9 heteroatoms. The van der Waals surface area contributed by atoms with Gasteiger partial charge in [-0.15, -0.1) is 15.1 Å². The fourth-order valence-electron chi connectivity index (χ4n) is 3.06. The van der Waals surface area contributed by atoms with Gasteiger partial charge in [0.1, 0.15) is 16.7 Å². The normalized spacial score (nSPS) is 21.8. The van der Waals surface area contributed by atoms with Gasteiger partial charge < -0.3 is 4.42 Å². The zero-order valence-electron chi connectivity index (χ0n) is 15.6. The summed E-state index contributed by atoms with van der Waals surface area (Å²) >= 11 is 5.86. The number of nitrogens with one attached hydrogen (secondary N) is 1. The van der Waals surface area contributed by atoms with Crippen LogP contribution >= 0.6 is 11.6 Å². The van der Waals surface area contributed by atoms with E-state index in [2.05, 4.69) is 20.1 Å². The minimum Gasteiger partial charge on any atom is -0.424 e. The summed E-state index contributed by atoms with van der Waals surface area (Å²) in [6, 6.07) is 4.75. The van der Waals surface area contributed by atoms with Gasteiger partial charge in [0.2, 0.25) is 11.8 Å². The highest BCUT2D eigenvalue weighted by atomic mass is 35.5. The highest BCUT2D eigenvalue weighted by Crippen LogP contribution is 2.34. The van der Waals surface area contributed by atoms with Crippen LogP contribution in [0.1, 0.15) is 64.2 Å². The predicted octanol–water partition coefficient (Wildman–Crippen LogP) is 4.76. The Morgan fingerprint density at radius 1 is 1.22 bits per heavy atom. The van der Waals surface area contributed by atoms with E-state index in [0.29, 0.717) is 16.7 Å². The number of aromatic nitrogens is 2. The van der Waals surface area contributed by atoms with Gasteiger partial charge in [-0.2, -0.15) is 0 Å². The van der Waals surface area contributed by atoms with Crippen molar-refractivity contribution in [3.8, 4) is 0 Å². The van der Waals surface area contributed by atoms with E-state index in [9.17, 15) is 9.12 Å².